The van der Waals surface area contributed by atoms with Gasteiger partial charge in [0, 0.05) is 12.1 Å². The number of nitrogens with zero attached hydrogens (tertiary/aromatic N) is 1. The van der Waals surface area contributed by atoms with E-state index in [1.165, 1.54) is 12.1 Å². The fourth-order valence-corrected chi connectivity index (χ4v) is 3.39. The Balaban J connectivity index is 1.75. The second kappa shape index (κ2) is 9.55. The average molecular weight is 428 g/mol. The minimum absolute atomic E-state index is 0.168. The van der Waals surface area contributed by atoms with Crippen LogP contribution in [0.1, 0.15) is 35.7 Å². The number of carbonyl (C=O) groups excluding carboxylic acids is 1. The number of oxazole rings is 1. The normalized spacial score (nSPS) is 12.3. The molecule has 0 fully saturated rings. The van der Waals surface area contributed by atoms with Gasteiger partial charge in [0.1, 0.15) is 12.3 Å². The first-order valence-corrected chi connectivity index (χ1v) is 10.8. The lowest BCUT2D eigenvalue weighted by Crippen LogP contribution is -2.31. The van der Waals surface area contributed by atoms with Crippen molar-refractivity contribution in [3.05, 3.63) is 83.6 Å². The lowest BCUT2D eigenvalue weighted by atomic mass is 10.0. The minimum Gasteiger partial charge on any atom is -0.731 e. The summed E-state index contributed by atoms with van der Waals surface area (Å²) in [4.78, 5) is 17.0. The molecule has 158 valence electrons. The van der Waals surface area contributed by atoms with Gasteiger partial charge in [-0.15, -0.1) is 0 Å². The Morgan fingerprint density at radius 2 is 1.80 bits per heavy atom. The third kappa shape index (κ3) is 6.43. The monoisotopic (exact) mass is 428 g/mol. The van der Waals surface area contributed by atoms with Crippen molar-refractivity contribution in [1.82, 2.24) is 10.3 Å². The van der Waals surface area contributed by atoms with E-state index in [1.807, 2.05) is 42.0 Å². The van der Waals surface area contributed by atoms with Crippen molar-refractivity contribution in [3.8, 4) is 0 Å². The lowest BCUT2D eigenvalue weighted by Gasteiger charge is -2.17. The Hall–Kier alpha value is -3.17. The van der Waals surface area contributed by atoms with Gasteiger partial charge in [0.15, 0.2) is 10.3 Å². The van der Waals surface area contributed by atoms with Crippen LogP contribution in [0, 0.1) is 0 Å². The topological polar surface area (TPSA) is 124 Å². The van der Waals surface area contributed by atoms with Gasteiger partial charge in [-0.05, 0) is 29.7 Å². The standard InChI is InChI=1S/C21H23N3O5S/c1-2-17-14-29-21(22-17)19(23-20(25)13-15-6-4-3-5-7-15)12-16-8-10-18(11-9-16)24-30(26,27)28/h3-11,14,19,24H,2,12-13H2,1H3,(H,23,25)(H,26,27,28)/p-1/t19-/m0/s1. The van der Waals surface area contributed by atoms with E-state index in [0.717, 1.165) is 16.8 Å². The molecule has 1 heterocycles. The molecular weight excluding hydrogens is 406 g/mol. The van der Waals surface area contributed by atoms with Crippen molar-refractivity contribution in [2.24, 2.45) is 0 Å². The molecule has 3 aromatic rings. The molecule has 1 aromatic heterocycles. The van der Waals surface area contributed by atoms with E-state index < -0.39 is 16.3 Å². The Bertz CT molecular complexity index is 1080. The first-order chi connectivity index (χ1) is 14.3. The maximum Gasteiger partial charge on any atom is 0.225 e. The molecule has 0 saturated heterocycles. The minimum atomic E-state index is -4.58. The van der Waals surface area contributed by atoms with Gasteiger partial charge < -0.3 is 14.3 Å². The summed E-state index contributed by atoms with van der Waals surface area (Å²) in [5.41, 5.74) is 2.66. The van der Waals surface area contributed by atoms with Crippen LogP contribution in [0.15, 0.2) is 65.3 Å². The van der Waals surface area contributed by atoms with Gasteiger partial charge in [-0.25, -0.2) is 13.4 Å². The molecule has 0 aliphatic heterocycles. The molecule has 2 N–H and O–H groups in total. The number of rotatable bonds is 9. The highest BCUT2D eigenvalue weighted by atomic mass is 32.2. The van der Waals surface area contributed by atoms with E-state index in [4.69, 9.17) is 4.42 Å². The summed E-state index contributed by atoms with van der Waals surface area (Å²) in [6, 6.07) is 15.2. The van der Waals surface area contributed by atoms with Gasteiger partial charge in [0.25, 0.3) is 0 Å². The molecule has 0 spiro atoms. The molecular formula is C21H22N3O5S-. The van der Waals surface area contributed by atoms with Crippen LogP contribution in [0.4, 0.5) is 5.69 Å². The lowest BCUT2D eigenvalue weighted by molar-refractivity contribution is -0.121. The summed E-state index contributed by atoms with van der Waals surface area (Å²) in [5.74, 6) is 0.232. The summed E-state index contributed by atoms with van der Waals surface area (Å²) in [6.07, 6.45) is 2.88. The van der Waals surface area contributed by atoms with Crippen LogP contribution in [0.25, 0.3) is 0 Å². The highest BCUT2D eigenvalue weighted by molar-refractivity contribution is 7.87. The van der Waals surface area contributed by atoms with Crippen molar-refractivity contribution in [2.75, 3.05) is 4.72 Å². The zero-order valence-corrected chi connectivity index (χ0v) is 17.2. The number of aryl methyl sites for hydroxylation is 1. The number of carbonyl (C=O) groups is 1. The SMILES string of the molecule is CCc1coc([C@H](Cc2ccc(NS(=O)(=O)[O-])cc2)NC(=O)Cc2ccccc2)n1. The summed E-state index contributed by atoms with van der Waals surface area (Å²) in [6.45, 7) is 1.96. The van der Waals surface area contributed by atoms with E-state index >= 15 is 0 Å². The molecule has 0 aliphatic carbocycles. The molecule has 1 amide bonds. The quantitative estimate of drug-likeness (QED) is 0.505. The van der Waals surface area contributed by atoms with E-state index in [1.54, 1.807) is 18.4 Å². The Morgan fingerprint density at radius 1 is 1.10 bits per heavy atom. The number of benzene rings is 2. The van der Waals surface area contributed by atoms with Gasteiger partial charge in [-0.2, -0.15) is 0 Å². The maximum atomic E-state index is 12.6. The number of hydrogen-bond acceptors (Lipinski definition) is 6. The fourth-order valence-electron chi connectivity index (χ4n) is 2.96. The zero-order chi connectivity index (χ0) is 21.6. The van der Waals surface area contributed by atoms with Crippen molar-refractivity contribution >= 4 is 21.9 Å². The zero-order valence-electron chi connectivity index (χ0n) is 16.4. The summed E-state index contributed by atoms with van der Waals surface area (Å²) in [7, 11) is -4.58. The summed E-state index contributed by atoms with van der Waals surface area (Å²) in [5, 5.41) is 2.96. The maximum absolute atomic E-state index is 12.6. The van der Waals surface area contributed by atoms with E-state index in [-0.39, 0.29) is 18.0 Å². The Kier molecular flexibility index (Phi) is 6.86. The highest BCUT2D eigenvalue weighted by Crippen LogP contribution is 2.20. The van der Waals surface area contributed by atoms with Crippen molar-refractivity contribution in [2.45, 2.75) is 32.2 Å². The van der Waals surface area contributed by atoms with Crippen LogP contribution in [0.5, 0.6) is 0 Å². The summed E-state index contributed by atoms with van der Waals surface area (Å²) >= 11 is 0. The van der Waals surface area contributed by atoms with Crippen molar-refractivity contribution in [3.63, 3.8) is 0 Å². The van der Waals surface area contributed by atoms with E-state index in [2.05, 4.69) is 10.3 Å². The van der Waals surface area contributed by atoms with Gasteiger partial charge in [0.2, 0.25) is 11.8 Å². The van der Waals surface area contributed by atoms with E-state index in [0.29, 0.717) is 18.7 Å². The Labute approximate surface area is 175 Å². The van der Waals surface area contributed by atoms with Gasteiger partial charge in [-0.1, -0.05) is 49.4 Å². The molecule has 1 atom stereocenters. The predicted octanol–water partition coefficient (Wildman–Crippen LogP) is 2.75. The third-order valence-electron chi connectivity index (χ3n) is 4.41. The van der Waals surface area contributed by atoms with Crippen LogP contribution in [0.2, 0.25) is 0 Å². The summed E-state index contributed by atoms with van der Waals surface area (Å²) < 4.78 is 39.9. The van der Waals surface area contributed by atoms with Gasteiger partial charge in [0.05, 0.1) is 12.1 Å². The molecule has 0 aliphatic rings. The third-order valence-corrected chi connectivity index (χ3v) is 4.89. The van der Waals surface area contributed by atoms with Crippen LogP contribution in [-0.2, 0) is 34.4 Å². The molecule has 30 heavy (non-hydrogen) atoms. The van der Waals surface area contributed by atoms with Crippen LogP contribution in [0.3, 0.4) is 0 Å². The molecule has 2 aromatic carbocycles. The largest absolute Gasteiger partial charge is 0.731 e. The molecule has 0 radical (unpaired) electrons. The number of hydrogen-bond donors (Lipinski definition) is 2. The second-order valence-electron chi connectivity index (χ2n) is 6.77. The smallest absolute Gasteiger partial charge is 0.225 e. The number of anilines is 1. The number of amides is 1. The highest BCUT2D eigenvalue weighted by Gasteiger charge is 2.21. The first-order valence-electron chi connectivity index (χ1n) is 9.42. The van der Waals surface area contributed by atoms with Crippen LogP contribution in [-0.4, -0.2) is 23.9 Å². The molecule has 3 rings (SSSR count). The molecule has 9 heteroatoms. The Morgan fingerprint density at radius 3 is 2.40 bits per heavy atom. The molecule has 0 saturated carbocycles. The number of aromatic nitrogens is 1. The van der Waals surface area contributed by atoms with Crippen LogP contribution < -0.4 is 10.0 Å². The van der Waals surface area contributed by atoms with Gasteiger partial charge >= 0.3 is 0 Å². The molecule has 0 unspecified atom stereocenters. The molecule has 0 bridgehead atoms. The first kappa shape index (κ1) is 21.5. The average Bonchev–Trinajstić information content (AvgIpc) is 3.18. The van der Waals surface area contributed by atoms with Crippen LogP contribution >= 0.6 is 0 Å². The van der Waals surface area contributed by atoms with Crippen molar-refractivity contribution in [1.29, 1.82) is 0 Å². The van der Waals surface area contributed by atoms with Crippen molar-refractivity contribution < 1.29 is 22.2 Å². The molecule has 8 nitrogen and oxygen atoms in total. The predicted molar refractivity (Wildman–Crippen MR) is 110 cm³/mol. The van der Waals surface area contributed by atoms with E-state index in [9.17, 15) is 17.8 Å². The second-order valence-corrected chi connectivity index (χ2v) is 7.88. The number of nitrogens with one attached hydrogen (secondary N) is 2. The van der Waals surface area contributed by atoms with Gasteiger partial charge in [-0.3, -0.25) is 9.52 Å². The fraction of sp³-hybridized carbons (Fsp3) is 0.238.